The zero-order valence-corrected chi connectivity index (χ0v) is 21.0. The third-order valence-corrected chi connectivity index (χ3v) is 7.76. The molecule has 1 aliphatic carbocycles. The van der Waals surface area contributed by atoms with E-state index in [1.165, 1.54) is 11.9 Å². The van der Waals surface area contributed by atoms with E-state index >= 15 is 0 Å². The Morgan fingerprint density at radius 3 is 2.63 bits per heavy atom. The van der Waals surface area contributed by atoms with Crippen molar-refractivity contribution in [2.24, 2.45) is 5.73 Å². The first kappa shape index (κ1) is 23.9. The molecule has 0 amide bonds. The zero-order chi connectivity index (χ0) is 24.4. The van der Waals surface area contributed by atoms with Gasteiger partial charge >= 0.3 is 0 Å². The molecule has 1 fully saturated rings. The molecule has 0 bridgehead atoms. The normalized spacial score (nSPS) is 17.9. The van der Waals surface area contributed by atoms with Crippen LogP contribution in [-0.4, -0.2) is 22.1 Å². The van der Waals surface area contributed by atoms with Crippen LogP contribution in [0.4, 0.5) is 16.0 Å². The molecule has 1 heterocycles. The molecule has 4 aromatic rings. The number of nitrogens with zero attached hydrogens (tertiary/aromatic N) is 2. The number of nitrogens with two attached hydrogens (primary N) is 1. The molecular weight excluding hydrogens is 481 g/mol. The molecule has 0 saturated heterocycles. The van der Waals surface area contributed by atoms with Gasteiger partial charge in [0.25, 0.3) is 0 Å². The highest BCUT2D eigenvalue weighted by Gasteiger charge is 2.19. The monoisotopic (exact) mass is 507 g/mol. The van der Waals surface area contributed by atoms with Crippen LogP contribution in [0.2, 0.25) is 5.02 Å². The minimum atomic E-state index is -0.329. The van der Waals surface area contributed by atoms with E-state index in [-0.39, 0.29) is 5.82 Å². The third-order valence-electron chi connectivity index (χ3n) is 6.42. The van der Waals surface area contributed by atoms with E-state index in [2.05, 4.69) is 15.0 Å². The van der Waals surface area contributed by atoms with Gasteiger partial charge in [0.1, 0.15) is 5.82 Å². The lowest BCUT2D eigenvalue weighted by molar-refractivity contribution is 0.410. The fraction of sp³-hybridized carbons (Fsp3) is 0.259. The van der Waals surface area contributed by atoms with E-state index in [9.17, 15) is 4.39 Å². The first-order chi connectivity index (χ1) is 17.0. The van der Waals surface area contributed by atoms with E-state index in [0.717, 1.165) is 58.2 Å². The van der Waals surface area contributed by atoms with Crippen molar-refractivity contribution in [3.05, 3.63) is 77.2 Å². The summed E-state index contributed by atoms with van der Waals surface area (Å²) >= 11 is 7.48. The average Bonchev–Trinajstić information content (AvgIpc) is 2.85. The SMILES string of the molecule is Cc1cc2nc(NC3CCC(N)CC3)ncc2cc1-c1ccc(NSc2ccccc2Cl)c(F)c1. The second-order valence-electron chi connectivity index (χ2n) is 9.00. The molecule has 0 unspecified atom stereocenters. The fourth-order valence-corrected chi connectivity index (χ4v) is 5.36. The van der Waals surface area contributed by atoms with Crippen LogP contribution in [0.3, 0.4) is 0 Å². The van der Waals surface area contributed by atoms with Crippen molar-refractivity contribution >= 4 is 46.1 Å². The van der Waals surface area contributed by atoms with Gasteiger partial charge in [0.05, 0.1) is 16.2 Å². The van der Waals surface area contributed by atoms with Crippen molar-refractivity contribution < 1.29 is 4.39 Å². The van der Waals surface area contributed by atoms with Gasteiger partial charge in [-0.2, -0.15) is 0 Å². The predicted octanol–water partition coefficient (Wildman–Crippen LogP) is 7.20. The molecule has 1 saturated carbocycles. The molecule has 4 N–H and O–H groups in total. The van der Waals surface area contributed by atoms with Gasteiger partial charge in [0.2, 0.25) is 5.95 Å². The number of hydrogen-bond acceptors (Lipinski definition) is 6. The van der Waals surface area contributed by atoms with E-state index in [1.807, 2.05) is 55.6 Å². The van der Waals surface area contributed by atoms with Crippen molar-refractivity contribution in [2.45, 2.75) is 49.6 Å². The highest BCUT2D eigenvalue weighted by molar-refractivity contribution is 8.00. The summed E-state index contributed by atoms with van der Waals surface area (Å²) in [6, 6.07) is 17.4. The number of aromatic nitrogens is 2. The summed E-state index contributed by atoms with van der Waals surface area (Å²) in [4.78, 5) is 10.1. The van der Waals surface area contributed by atoms with Crippen molar-refractivity contribution in [2.75, 3.05) is 10.0 Å². The number of rotatable bonds is 6. The zero-order valence-electron chi connectivity index (χ0n) is 19.4. The molecular formula is C27H27ClFN5S. The second kappa shape index (κ2) is 10.4. The summed E-state index contributed by atoms with van der Waals surface area (Å²) in [5.41, 5.74) is 10.1. The van der Waals surface area contributed by atoms with Crippen LogP contribution in [0.5, 0.6) is 0 Å². The predicted molar refractivity (Wildman–Crippen MR) is 144 cm³/mol. The number of anilines is 2. The number of nitrogens with one attached hydrogen (secondary N) is 2. The maximum Gasteiger partial charge on any atom is 0.223 e. The van der Waals surface area contributed by atoms with Crippen LogP contribution in [0, 0.1) is 12.7 Å². The summed E-state index contributed by atoms with van der Waals surface area (Å²) in [6.45, 7) is 2.02. The lowest BCUT2D eigenvalue weighted by atomic mass is 9.92. The Kier molecular flexibility index (Phi) is 7.09. The maximum absolute atomic E-state index is 14.9. The number of halogens is 2. The van der Waals surface area contributed by atoms with Crippen LogP contribution in [0.1, 0.15) is 31.2 Å². The largest absolute Gasteiger partial charge is 0.351 e. The summed E-state index contributed by atoms with van der Waals surface area (Å²) in [6.07, 6.45) is 5.95. The van der Waals surface area contributed by atoms with Gasteiger partial charge in [-0.1, -0.05) is 29.8 Å². The standard InChI is InChI=1S/C27H27ClFN5S/c1-16-12-25-18(15-31-27(33-25)32-20-9-7-19(30)8-10-20)13-21(16)17-6-11-24(23(29)14-17)34-35-26-5-3-2-4-22(26)28/h2-6,11-15,19-20,34H,7-10,30H2,1H3,(H,31,32,33). The average molecular weight is 508 g/mol. The minimum absolute atomic E-state index is 0.308. The highest BCUT2D eigenvalue weighted by atomic mass is 35.5. The molecule has 0 aliphatic heterocycles. The molecule has 8 heteroatoms. The van der Waals surface area contributed by atoms with E-state index in [4.69, 9.17) is 22.3 Å². The first-order valence-corrected chi connectivity index (χ1v) is 12.9. The van der Waals surface area contributed by atoms with Gasteiger partial charge in [0, 0.05) is 28.6 Å². The lowest BCUT2D eigenvalue weighted by Gasteiger charge is -2.26. The summed E-state index contributed by atoms with van der Waals surface area (Å²) in [7, 11) is 0. The van der Waals surface area contributed by atoms with Crippen LogP contribution < -0.4 is 15.8 Å². The lowest BCUT2D eigenvalue weighted by Crippen LogP contribution is -2.33. The maximum atomic E-state index is 14.9. The molecule has 35 heavy (non-hydrogen) atoms. The Labute approximate surface area is 213 Å². The molecule has 0 spiro atoms. The Morgan fingerprint density at radius 2 is 1.86 bits per heavy atom. The van der Waals surface area contributed by atoms with E-state index < -0.39 is 0 Å². The van der Waals surface area contributed by atoms with Crippen molar-refractivity contribution in [3.8, 4) is 11.1 Å². The topological polar surface area (TPSA) is 75.9 Å². The second-order valence-corrected chi connectivity index (χ2v) is 10.3. The Morgan fingerprint density at radius 1 is 1.06 bits per heavy atom. The smallest absolute Gasteiger partial charge is 0.223 e. The van der Waals surface area contributed by atoms with Gasteiger partial charge < -0.3 is 15.8 Å². The first-order valence-electron chi connectivity index (χ1n) is 11.7. The van der Waals surface area contributed by atoms with Crippen LogP contribution >= 0.6 is 23.5 Å². The molecule has 1 aliphatic rings. The van der Waals surface area contributed by atoms with Gasteiger partial charge in [-0.05, 0) is 97.6 Å². The molecule has 0 atom stereocenters. The Balaban J connectivity index is 1.33. The molecule has 5 nitrogen and oxygen atoms in total. The number of benzene rings is 3. The number of aryl methyl sites for hydroxylation is 1. The van der Waals surface area contributed by atoms with Crippen molar-refractivity contribution in [1.82, 2.24) is 9.97 Å². The van der Waals surface area contributed by atoms with Gasteiger partial charge in [-0.25, -0.2) is 14.4 Å². The molecule has 0 radical (unpaired) electrons. The summed E-state index contributed by atoms with van der Waals surface area (Å²) in [5.74, 6) is 0.312. The van der Waals surface area contributed by atoms with E-state index in [1.54, 1.807) is 12.1 Å². The number of hydrogen-bond donors (Lipinski definition) is 3. The highest BCUT2D eigenvalue weighted by Crippen LogP contribution is 2.33. The molecule has 1 aromatic heterocycles. The van der Waals surface area contributed by atoms with Crippen LogP contribution in [0.15, 0.2) is 65.7 Å². The van der Waals surface area contributed by atoms with Crippen molar-refractivity contribution in [1.29, 1.82) is 0 Å². The Bertz CT molecular complexity index is 1360. The summed E-state index contributed by atoms with van der Waals surface area (Å²) < 4.78 is 18.0. The minimum Gasteiger partial charge on any atom is -0.351 e. The van der Waals surface area contributed by atoms with Gasteiger partial charge in [0.15, 0.2) is 0 Å². The molecule has 3 aromatic carbocycles. The molecule has 5 rings (SSSR count). The third kappa shape index (κ3) is 5.53. The Hall–Kier alpha value is -2.87. The van der Waals surface area contributed by atoms with Crippen LogP contribution in [-0.2, 0) is 0 Å². The van der Waals surface area contributed by atoms with Gasteiger partial charge in [-0.3, -0.25) is 0 Å². The van der Waals surface area contributed by atoms with Crippen molar-refractivity contribution in [3.63, 3.8) is 0 Å². The fourth-order valence-electron chi connectivity index (χ4n) is 4.41. The number of fused-ring (bicyclic) bond motifs is 1. The van der Waals surface area contributed by atoms with Gasteiger partial charge in [-0.15, -0.1) is 0 Å². The quantitative estimate of drug-likeness (QED) is 0.239. The summed E-state index contributed by atoms with van der Waals surface area (Å²) in [5, 5.41) is 4.99. The van der Waals surface area contributed by atoms with Crippen LogP contribution in [0.25, 0.3) is 22.0 Å². The molecule has 180 valence electrons. The van der Waals surface area contributed by atoms with E-state index in [0.29, 0.717) is 28.7 Å².